The first-order chi connectivity index (χ1) is 46.7. The van der Waals surface area contributed by atoms with E-state index in [1.807, 2.05) is 0 Å². The Kier molecular flexibility index (Phi) is 26.7. The van der Waals surface area contributed by atoms with Gasteiger partial charge in [-0.3, -0.25) is 0 Å². The predicted octanol–water partition coefficient (Wildman–Crippen LogP) is -2.04. The SMILES string of the molecule is C.C.CC12SC(C(=O)OC3[C@@H](O)[C@H](O)C(O)[C@H](O)[C@H]3O)=CC1=C1C(=C3C=C(C(=O)OC4[C@@H](O)[C@H](O)C(O)[C@H](O)[C@H]4O)SC32C)C(F)(F)C(F)(F)C1(F)F.Cc1sc(C(=O)OC2[C@@H](O)[C@H](O)C(O)[C@H](O)[C@H]2O)cc1C1=C(c2cc(C(=O)OC3[C@@H](O)[C@H](O)C(O)[C@H](O)[C@H]3O)sc2C)C(F)(F)C(F)(F)C1(F)F.[U].[V]. The van der Waals surface area contributed by atoms with E-state index in [4.69, 9.17) is 18.9 Å². The molecule has 5 fully saturated rings. The molecule has 28 nitrogen and oxygen atoms in total. The van der Waals surface area contributed by atoms with Crippen molar-refractivity contribution in [1.82, 2.24) is 0 Å². The molecule has 7 aliphatic carbocycles. The Hall–Kier alpha value is -3.32. The normalized spacial score (nSPS) is 40.4. The molecule has 26 atom stereocenters. The number of fused-ring (bicyclic) bond motifs is 4. The average Bonchev–Trinajstić information content (AvgIpc) is 1.49. The van der Waals surface area contributed by atoms with E-state index in [2.05, 4.69) is 0 Å². The maximum absolute atomic E-state index is 15.6. The van der Waals surface area contributed by atoms with Crippen LogP contribution in [-0.4, -0.2) is 318 Å². The molecule has 0 saturated heterocycles. The number of thiophene rings is 2. The Morgan fingerprint density at radius 2 is 0.528 bits per heavy atom. The first kappa shape index (κ1) is 91.6. The molecule has 0 amide bonds. The third-order valence-corrected chi connectivity index (χ3v) is 24.7. The van der Waals surface area contributed by atoms with Gasteiger partial charge in [0.15, 0.2) is 24.4 Å². The minimum absolute atomic E-state index is 0. The van der Waals surface area contributed by atoms with E-state index in [0.29, 0.717) is 47.8 Å². The maximum Gasteiger partial charge on any atom is 0.380 e. The number of hydrogen-bond donors (Lipinski definition) is 20. The molecule has 1 radical (unpaired) electrons. The summed E-state index contributed by atoms with van der Waals surface area (Å²) in [4.78, 5) is 48.9. The van der Waals surface area contributed by atoms with Crippen molar-refractivity contribution in [2.24, 2.45) is 0 Å². The van der Waals surface area contributed by atoms with Crippen molar-refractivity contribution in [2.45, 2.75) is 234 Å². The summed E-state index contributed by atoms with van der Waals surface area (Å²) in [6.07, 6.45) is -50.4. The van der Waals surface area contributed by atoms with Crippen LogP contribution >= 0.6 is 46.2 Å². The largest absolute Gasteiger partial charge is 0.453 e. The van der Waals surface area contributed by atoms with Crippen molar-refractivity contribution in [2.75, 3.05) is 0 Å². The van der Waals surface area contributed by atoms with Crippen LogP contribution in [0.2, 0.25) is 0 Å². The second-order valence-electron chi connectivity index (χ2n) is 25.5. The van der Waals surface area contributed by atoms with E-state index in [9.17, 15) is 121 Å². The van der Waals surface area contributed by atoms with Crippen LogP contribution in [0, 0.1) is 45.0 Å². The summed E-state index contributed by atoms with van der Waals surface area (Å²) in [5.41, 5.74) is -11.5. The number of aryl methyl sites for hydroxylation is 2. The number of halogens is 12. The molecule has 106 heavy (non-hydrogen) atoms. The van der Waals surface area contributed by atoms with Crippen LogP contribution in [0.1, 0.15) is 68.9 Å². The van der Waals surface area contributed by atoms with Crippen molar-refractivity contribution in [3.8, 4) is 0 Å². The van der Waals surface area contributed by atoms with Gasteiger partial charge in [-0.15, -0.1) is 46.2 Å². The molecule has 2 aromatic heterocycles. The fourth-order valence-electron chi connectivity index (χ4n) is 13.3. The van der Waals surface area contributed by atoms with Crippen molar-refractivity contribution >= 4 is 81.2 Å². The van der Waals surface area contributed by atoms with Crippen LogP contribution in [0.25, 0.3) is 11.1 Å². The van der Waals surface area contributed by atoms with Crippen LogP contribution in [0.3, 0.4) is 0 Å². The third kappa shape index (κ3) is 13.6. The number of ether oxygens (including phenoxy) is 4. The van der Waals surface area contributed by atoms with E-state index in [1.165, 1.54) is 0 Å². The first-order valence-electron chi connectivity index (χ1n) is 29.7. The molecule has 9 aliphatic rings. The summed E-state index contributed by atoms with van der Waals surface area (Å²) >= 11 is 1.23. The third-order valence-electron chi connectivity index (χ3n) is 19.4. The van der Waals surface area contributed by atoms with Crippen LogP contribution in [0.15, 0.2) is 56.4 Å². The molecule has 20 N–H and O–H groups in total. The molecule has 593 valence electrons. The first-order valence-corrected chi connectivity index (χ1v) is 33.0. The number of alkyl halides is 12. The van der Waals surface area contributed by atoms with Crippen LogP contribution in [-0.2, 0) is 47.1 Å². The van der Waals surface area contributed by atoms with Crippen molar-refractivity contribution in [1.29, 1.82) is 0 Å². The van der Waals surface area contributed by atoms with Crippen molar-refractivity contribution < 1.29 is 243 Å². The van der Waals surface area contributed by atoms with Crippen LogP contribution < -0.4 is 0 Å². The molecular weight excluding hydrogens is 1810 g/mol. The molecule has 2 aromatic rings. The Morgan fingerprint density at radius 3 is 0.745 bits per heavy atom. The Balaban J connectivity index is 0.000000320. The van der Waals surface area contributed by atoms with Gasteiger partial charge in [0.1, 0.15) is 132 Å². The van der Waals surface area contributed by atoms with Gasteiger partial charge in [0.25, 0.3) is 0 Å². The van der Waals surface area contributed by atoms with Gasteiger partial charge < -0.3 is 121 Å². The van der Waals surface area contributed by atoms with E-state index < -0.39 is 289 Å². The van der Waals surface area contributed by atoms with Gasteiger partial charge in [-0.2, -0.15) is 52.7 Å². The van der Waals surface area contributed by atoms with Gasteiger partial charge in [-0.05, 0) is 74.3 Å². The van der Waals surface area contributed by atoms with Gasteiger partial charge >= 0.3 is 59.4 Å². The predicted molar refractivity (Wildman–Crippen MR) is 329 cm³/mol. The average molecular weight is 1880 g/mol. The standard InChI is InChI=1S/2C29H30F6O14S2.2CH4.U.V/c1-25-5(3-7(50-25)23(46)48-21-17(42)13(38)11(36)14(39)18(21)43)9-10(28(32,33)29(34,35)27(9,30)31)6-4-8(51-26(6,25)2)24(47)49-22-19(44)15(40)12(37)16(41)20(22)45;1-5-7(3-9(50-5)25(46)48-23-19(42)15(38)13(36)16(39)20(23)43)11-12(28(32,33)29(34,35)27(11,30)31)8-4-10(51-6(8)2)26(47)49-24-21(44)17(40)14(37)18(41)22(24)45;;;;/h3-4,11-22,36-45H,1-2H3;3-4,13-24,36-45H,1-2H3;2*1H4;;/t11?,12?,13-,14+,15-,16+,17+,18-,19+,20-,21?,22?,25?,26?;13?,14?,15-,16+,17-,18+,19+,20-,21+,22-,23?,24?;;;;. The molecule has 4 heterocycles. The van der Waals surface area contributed by atoms with Crippen LogP contribution in [0.5, 0.6) is 0 Å². The molecule has 46 heteroatoms. The van der Waals surface area contributed by atoms with Gasteiger partial charge in [0.05, 0.1) is 19.3 Å². The summed E-state index contributed by atoms with van der Waals surface area (Å²) in [5.74, 6) is -40.8. The Labute approximate surface area is 640 Å². The summed E-state index contributed by atoms with van der Waals surface area (Å²) in [7, 11) is 0. The quantitative estimate of drug-likeness (QED) is 0.0692. The molecule has 2 aliphatic heterocycles. The van der Waals surface area contributed by atoms with Gasteiger partial charge in [-0.1, -0.05) is 14.9 Å². The topological polar surface area (TPSA) is 510 Å². The number of aliphatic hydroxyl groups is 20. The zero-order valence-electron chi connectivity index (χ0n) is 52.5. The summed E-state index contributed by atoms with van der Waals surface area (Å²) < 4.78 is 200. The molecule has 0 aromatic carbocycles. The molecule has 0 spiro atoms. The van der Waals surface area contributed by atoms with Gasteiger partial charge in [-0.25, -0.2) is 19.2 Å². The Bertz CT molecular complexity index is 3620. The van der Waals surface area contributed by atoms with Crippen molar-refractivity contribution in [3.05, 3.63) is 87.0 Å². The zero-order valence-corrected chi connectivity index (χ0v) is 61.3. The van der Waals surface area contributed by atoms with Gasteiger partial charge in [0, 0.05) is 81.7 Å². The minimum Gasteiger partial charge on any atom is -0.453 e. The number of rotatable bonds is 10. The fourth-order valence-corrected chi connectivity index (χ4v) is 18.0. The fraction of sp³-hybridized carbons (Fsp3) is 0.633. The van der Waals surface area contributed by atoms with Gasteiger partial charge in [0.2, 0.25) is 0 Å². The Morgan fingerprint density at radius 1 is 0.340 bits per heavy atom. The summed E-state index contributed by atoms with van der Waals surface area (Å²) in [5, 5.41) is 200. The van der Waals surface area contributed by atoms with E-state index in [0.717, 1.165) is 27.7 Å². The molecule has 11 rings (SSSR count). The molecule has 10 unspecified atom stereocenters. The minimum atomic E-state index is -6.08. The van der Waals surface area contributed by atoms with Crippen LogP contribution in [0.4, 0.5) is 52.7 Å². The van der Waals surface area contributed by atoms with E-state index in [1.54, 1.807) is 0 Å². The molecule has 5 saturated carbocycles. The van der Waals surface area contributed by atoms with E-state index >= 15 is 52.7 Å². The second-order valence-corrected chi connectivity index (χ2v) is 30.9. The maximum atomic E-state index is 15.6. The smallest absolute Gasteiger partial charge is 0.380 e. The number of carbonyl (C=O) groups excluding carboxylic acids is 4. The van der Waals surface area contributed by atoms with Crippen molar-refractivity contribution in [3.63, 3.8) is 0 Å². The number of esters is 4. The number of allylic oxidation sites excluding steroid dienone is 6. The number of carbonyl (C=O) groups is 4. The second kappa shape index (κ2) is 30.9. The molecular formula is C60H68F12O28S4UV. The number of thioether (sulfide) groups is 2. The number of aliphatic hydroxyl groups excluding tert-OH is 20. The summed E-state index contributed by atoms with van der Waals surface area (Å²) in [6, 6.07) is 1.00. The number of hydrogen-bond acceptors (Lipinski definition) is 32. The molecule has 0 bridgehead atoms. The zero-order chi connectivity index (χ0) is 76.7. The summed E-state index contributed by atoms with van der Waals surface area (Å²) in [6.45, 7) is 4.21. The van der Waals surface area contributed by atoms with E-state index in [-0.39, 0.29) is 87.2 Å². The monoisotopic (exact) mass is 1880 g/mol.